The number of aryl methyl sites for hydroxylation is 2. The van der Waals surface area contributed by atoms with Crippen molar-refractivity contribution in [2.24, 2.45) is 7.05 Å². The van der Waals surface area contributed by atoms with Crippen molar-refractivity contribution in [3.05, 3.63) is 63.7 Å². The third kappa shape index (κ3) is 7.18. The third-order valence-corrected chi connectivity index (χ3v) is 6.88. The fourth-order valence-electron chi connectivity index (χ4n) is 5.04. The summed E-state index contributed by atoms with van der Waals surface area (Å²) in [5.74, 6) is -0.204. The minimum absolute atomic E-state index is 0.00436. The first-order chi connectivity index (χ1) is 20.3. The van der Waals surface area contributed by atoms with E-state index in [4.69, 9.17) is 4.74 Å². The number of nitrogens with zero attached hydrogens (tertiary/aromatic N) is 6. The van der Waals surface area contributed by atoms with Crippen molar-refractivity contribution in [3.8, 4) is 0 Å². The van der Waals surface area contributed by atoms with E-state index >= 15 is 0 Å². The first kappa shape index (κ1) is 32.9. The second-order valence-corrected chi connectivity index (χ2v) is 10.6. The molecule has 4 rings (SSSR count). The minimum atomic E-state index is -5.11. The molecule has 1 atom stereocenters. The van der Waals surface area contributed by atoms with Crippen LogP contribution in [0.25, 0.3) is 0 Å². The van der Waals surface area contributed by atoms with Gasteiger partial charge in [-0.05, 0) is 79.8 Å². The minimum Gasteiger partial charge on any atom is -0.446 e. The average molecular weight is 639 g/mol. The Bertz CT molecular complexity index is 1480. The number of alkyl halides is 9. The van der Waals surface area contributed by atoms with Crippen molar-refractivity contribution in [1.29, 1.82) is 0 Å². The maximum Gasteiger partial charge on any atom is 0.416 e. The molecule has 2 heterocycles. The summed E-state index contributed by atoms with van der Waals surface area (Å²) >= 11 is 0. The highest BCUT2D eigenvalue weighted by atomic mass is 19.4. The van der Waals surface area contributed by atoms with Crippen LogP contribution in [0.5, 0.6) is 0 Å². The Kier molecular flexibility index (Phi) is 8.81. The van der Waals surface area contributed by atoms with Gasteiger partial charge in [0, 0.05) is 13.1 Å². The number of benzene rings is 2. The molecule has 17 heteroatoms. The highest BCUT2D eigenvalue weighted by Gasteiger charge is 2.40. The Labute approximate surface area is 245 Å². The van der Waals surface area contributed by atoms with Gasteiger partial charge in [0.1, 0.15) is 0 Å². The fraction of sp³-hybridized carbons (Fsp3) is 0.481. The molecule has 0 bridgehead atoms. The molecular formula is C27H27F9N6O2. The summed E-state index contributed by atoms with van der Waals surface area (Å²) in [7, 11) is 1.38. The van der Waals surface area contributed by atoms with E-state index in [0.717, 1.165) is 15.8 Å². The lowest BCUT2D eigenvalue weighted by molar-refractivity contribution is -0.143. The molecule has 0 radical (unpaired) electrons. The van der Waals surface area contributed by atoms with Gasteiger partial charge in [0.25, 0.3) is 5.95 Å². The summed E-state index contributed by atoms with van der Waals surface area (Å²) in [6.07, 6.45) is -16.3. The van der Waals surface area contributed by atoms with E-state index in [2.05, 4.69) is 15.4 Å². The van der Waals surface area contributed by atoms with Gasteiger partial charge < -0.3 is 9.64 Å². The number of carbonyl (C=O) groups excluding carboxylic acids is 1. The van der Waals surface area contributed by atoms with Crippen LogP contribution in [0.15, 0.2) is 30.3 Å². The number of carbonyl (C=O) groups is 1. The number of ether oxygens (including phenoxy) is 1. The molecule has 0 saturated heterocycles. The normalized spacial score (nSPS) is 16.1. The van der Waals surface area contributed by atoms with Gasteiger partial charge in [-0.2, -0.15) is 44.3 Å². The molecule has 240 valence electrons. The van der Waals surface area contributed by atoms with E-state index in [1.54, 1.807) is 13.8 Å². The summed E-state index contributed by atoms with van der Waals surface area (Å²) in [5.41, 5.74) is -4.77. The van der Waals surface area contributed by atoms with E-state index < -0.39 is 65.6 Å². The molecular weight excluding hydrogens is 611 g/mol. The zero-order chi connectivity index (χ0) is 32.8. The van der Waals surface area contributed by atoms with Crippen molar-refractivity contribution >= 4 is 17.7 Å². The van der Waals surface area contributed by atoms with Crippen molar-refractivity contribution in [2.75, 3.05) is 16.3 Å². The molecule has 1 unspecified atom stereocenters. The van der Waals surface area contributed by atoms with E-state index in [-0.39, 0.29) is 48.2 Å². The first-order valence-electron chi connectivity index (χ1n) is 13.2. The Balaban J connectivity index is 1.92. The van der Waals surface area contributed by atoms with E-state index in [1.807, 2.05) is 0 Å². The van der Waals surface area contributed by atoms with Crippen LogP contribution < -0.4 is 9.80 Å². The summed E-state index contributed by atoms with van der Waals surface area (Å²) in [5, 5.41) is 11.7. The summed E-state index contributed by atoms with van der Waals surface area (Å²) in [6.45, 7) is 3.62. The SMILES string of the molecule is Cc1cc2c(cc1C(F)(F)F)N(C(=O)OC(C)C)CCCC2N(Cc1cc(C(F)(F)F)cc(C(F)(F)F)c1)c1nnn(C)n1. The summed E-state index contributed by atoms with van der Waals surface area (Å²) in [6, 6.07) is 2.09. The molecule has 1 aliphatic rings. The van der Waals surface area contributed by atoms with Gasteiger partial charge in [-0.3, -0.25) is 4.90 Å². The molecule has 0 fully saturated rings. The maximum atomic E-state index is 14.0. The molecule has 1 aromatic heterocycles. The largest absolute Gasteiger partial charge is 0.446 e. The quantitative estimate of drug-likeness (QED) is 0.270. The summed E-state index contributed by atoms with van der Waals surface area (Å²) < 4.78 is 129. The standard InChI is InChI=1S/C27H27F9N6O2/c1-14(2)44-24(43)41-7-5-6-21(19-8-15(3)20(12-22(19)41)27(34,35)36)42(23-37-39-40(4)38-23)13-16-9-17(25(28,29)30)11-18(10-16)26(31,32)33/h8-12,14,21H,5-7,13H2,1-4H3. The number of tetrazole rings is 1. The molecule has 1 aliphatic heterocycles. The van der Waals surface area contributed by atoms with Gasteiger partial charge in [0.05, 0.1) is 41.6 Å². The highest BCUT2D eigenvalue weighted by Crippen LogP contribution is 2.44. The Morgan fingerprint density at radius 3 is 2.09 bits per heavy atom. The molecule has 8 nitrogen and oxygen atoms in total. The van der Waals surface area contributed by atoms with Crippen LogP contribution in [0, 0.1) is 6.92 Å². The average Bonchev–Trinajstić information content (AvgIpc) is 3.22. The fourth-order valence-corrected chi connectivity index (χ4v) is 5.04. The highest BCUT2D eigenvalue weighted by molar-refractivity contribution is 5.89. The van der Waals surface area contributed by atoms with Crippen LogP contribution in [0.4, 0.5) is 55.9 Å². The van der Waals surface area contributed by atoms with E-state index in [0.29, 0.717) is 12.1 Å². The van der Waals surface area contributed by atoms with Crippen LogP contribution in [-0.4, -0.2) is 38.9 Å². The second-order valence-electron chi connectivity index (χ2n) is 10.6. The summed E-state index contributed by atoms with van der Waals surface area (Å²) in [4.78, 5) is 16.4. The smallest absolute Gasteiger partial charge is 0.416 e. The molecule has 2 aromatic carbocycles. The Hall–Kier alpha value is -4.05. The van der Waals surface area contributed by atoms with Gasteiger partial charge in [-0.15, -0.1) is 5.10 Å². The Morgan fingerprint density at radius 1 is 0.977 bits per heavy atom. The lowest BCUT2D eigenvalue weighted by Gasteiger charge is -2.33. The van der Waals surface area contributed by atoms with Crippen molar-refractivity contribution in [1.82, 2.24) is 20.2 Å². The zero-order valence-electron chi connectivity index (χ0n) is 23.8. The van der Waals surface area contributed by atoms with Crippen LogP contribution in [0.2, 0.25) is 0 Å². The molecule has 0 spiro atoms. The zero-order valence-corrected chi connectivity index (χ0v) is 23.8. The van der Waals surface area contributed by atoms with Crippen LogP contribution >= 0.6 is 0 Å². The number of hydrogen-bond donors (Lipinski definition) is 0. The number of anilines is 2. The maximum absolute atomic E-state index is 14.0. The number of fused-ring (bicyclic) bond motifs is 1. The van der Waals surface area contributed by atoms with Crippen molar-refractivity contribution in [3.63, 3.8) is 0 Å². The van der Waals surface area contributed by atoms with Gasteiger partial charge in [-0.1, -0.05) is 11.2 Å². The van der Waals surface area contributed by atoms with Crippen molar-refractivity contribution < 1.29 is 49.0 Å². The number of halogens is 9. The number of hydrogen-bond acceptors (Lipinski definition) is 6. The van der Waals surface area contributed by atoms with E-state index in [1.165, 1.54) is 24.9 Å². The van der Waals surface area contributed by atoms with Crippen molar-refractivity contribution in [2.45, 2.75) is 70.8 Å². The molecule has 3 aromatic rings. The monoisotopic (exact) mass is 638 g/mol. The lowest BCUT2D eigenvalue weighted by atomic mass is 9.94. The number of aromatic nitrogens is 4. The van der Waals surface area contributed by atoms with E-state index in [9.17, 15) is 44.3 Å². The predicted octanol–water partition coefficient (Wildman–Crippen LogP) is 7.47. The van der Waals surface area contributed by atoms with Crippen LogP contribution in [0.3, 0.4) is 0 Å². The van der Waals surface area contributed by atoms with Gasteiger partial charge in [0.2, 0.25) is 0 Å². The second kappa shape index (κ2) is 11.8. The first-order valence-corrected chi connectivity index (χ1v) is 13.2. The molecule has 44 heavy (non-hydrogen) atoms. The Morgan fingerprint density at radius 2 is 1.59 bits per heavy atom. The van der Waals surface area contributed by atoms with Gasteiger partial charge in [0.15, 0.2) is 0 Å². The van der Waals surface area contributed by atoms with Gasteiger partial charge in [-0.25, -0.2) is 4.79 Å². The number of rotatable bonds is 5. The third-order valence-electron chi connectivity index (χ3n) is 6.88. The molecule has 0 aliphatic carbocycles. The number of amides is 1. The molecule has 0 saturated carbocycles. The molecule has 0 N–H and O–H groups in total. The van der Waals surface area contributed by atoms with Crippen LogP contribution in [0.1, 0.15) is 66.1 Å². The predicted molar refractivity (Wildman–Crippen MR) is 139 cm³/mol. The van der Waals surface area contributed by atoms with Gasteiger partial charge >= 0.3 is 24.6 Å². The van der Waals surface area contributed by atoms with Crippen LogP contribution in [-0.2, 0) is 36.9 Å². The molecule has 1 amide bonds. The lowest BCUT2D eigenvalue weighted by Crippen LogP contribution is -2.34. The topological polar surface area (TPSA) is 76.4 Å².